The third kappa shape index (κ3) is 4.83. The van der Waals surface area contributed by atoms with Gasteiger partial charge in [-0.05, 0) is 39.7 Å². The van der Waals surface area contributed by atoms with Crippen LogP contribution in [-0.2, 0) is 6.54 Å². The molecule has 1 aromatic heterocycles. The van der Waals surface area contributed by atoms with Gasteiger partial charge in [0.15, 0.2) is 0 Å². The summed E-state index contributed by atoms with van der Waals surface area (Å²) in [6.07, 6.45) is 1.87. The van der Waals surface area contributed by atoms with Crippen LogP contribution < -0.4 is 10.2 Å². The van der Waals surface area contributed by atoms with Crippen molar-refractivity contribution in [1.29, 1.82) is 0 Å². The SMILES string of the molecule is CC(C)C(C)N(C)c1ncccc1CNC(C)(C)C. The fraction of sp³-hybridized carbons (Fsp3) is 0.688. The molecule has 19 heavy (non-hydrogen) atoms. The van der Waals surface area contributed by atoms with Gasteiger partial charge in [-0.25, -0.2) is 4.98 Å². The van der Waals surface area contributed by atoms with Gasteiger partial charge in [-0.2, -0.15) is 0 Å². The molecule has 1 rings (SSSR count). The number of rotatable bonds is 5. The van der Waals surface area contributed by atoms with Crippen LogP contribution in [0.3, 0.4) is 0 Å². The normalized spacial score (nSPS) is 13.7. The van der Waals surface area contributed by atoms with Crippen LogP contribution in [0.5, 0.6) is 0 Å². The van der Waals surface area contributed by atoms with Crippen molar-refractivity contribution in [2.24, 2.45) is 5.92 Å². The fourth-order valence-corrected chi connectivity index (χ4v) is 1.89. The second-order valence-electron chi connectivity index (χ2n) is 6.69. The van der Waals surface area contributed by atoms with Gasteiger partial charge >= 0.3 is 0 Å². The standard InChI is InChI=1S/C16H29N3/c1-12(2)13(3)19(7)15-14(9-8-10-17-15)11-18-16(4,5)6/h8-10,12-13,18H,11H2,1-7H3. The van der Waals surface area contributed by atoms with E-state index in [0.29, 0.717) is 12.0 Å². The highest BCUT2D eigenvalue weighted by Crippen LogP contribution is 2.21. The van der Waals surface area contributed by atoms with E-state index in [1.165, 1.54) is 5.56 Å². The summed E-state index contributed by atoms with van der Waals surface area (Å²) in [6, 6.07) is 4.64. The summed E-state index contributed by atoms with van der Waals surface area (Å²) in [4.78, 5) is 6.85. The lowest BCUT2D eigenvalue weighted by Crippen LogP contribution is -2.37. The Kier molecular flexibility index (Phi) is 5.36. The summed E-state index contributed by atoms with van der Waals surface area (Å²) in [5.74, 6) is 1.69. The number of anilines is 1. The molecule has 108 valence electrons. The maximum atomic E-state index is 4.57. The summed E-state index contributed by atoms with van der Waals surface area (Å²) >= 11 is 0. The molecule has 0 fully saturated rings. The van der Waals surface area contributed by atoms with E-state index in [1.54, 1.807) is 0 Å². The van der Waals surface area contributed by atoms with Crippen molar-refractivity contribution < 1.29 is 0 Å². The molecule has 0 saturated carbocycles. The van der Waals surface area contributed by atoms with Crippen LogP contribution in [0.2, 0.25) is 0 Å². The minimum Gasteiger partial charge on any atom is -0.356 e. The molecule has 0 bridgehead atoms. The van der Waals surface area contributed by atoms with Crippen LogP contribution in [-0.4, -0.2) is 23.6 Å². The van der Waals surface area contributed by atoms with Gasteiger partial charge in [0.2, 0.25) is 0 Å². The average molecular weight is 263 g/mol. The molecule has 0 saturated heterocycles. The molecule has 0 aliphatic carbocycles. The average Bonchev–Trinajstić information content (AvgIpc) is 2.34. The summed E-state index contributed by atoms with van der Waals surface area (Å²) < 4.78 is 0. The Labute approximate surface area is 118 Å². The highest BCUT2D eigenvalue weighted by atomic mass is 15.2. The van der Waals surface area contributed by atoms with Crippen LogP contribution in [0.25, 0.3) is 0 Å². The van der Waals surface area contributed by atoms with Gasteiger partial charge in [0.05, 0.1) is 0 Å². The summed E-state index contributed by atoms with van der Waals surface area (Å²) in [5.41, 5.74) is 1.38. The minimum absolute atomic E-state index is 0.120. The highest BCUT2D eigenvalue weighted by Gasteiger charge is 2.18. The van der Waals surface area contributed by atoms with Crippen LogP contribution >= 0.6 is 0 Å². The number of hydrogen-bond donors (Lipinski definition) is 1. The topological polar surface area (TPSA) is 28.2 Å². The van der Waals surface area contributed by atoms with E-state index >= 15 is 0 Å². The van der Waals surface area contributed by atoms with Crippen molar-refractivity contribution in [1.82, 2.24) is 10.3 Å². The molecule has 0 aliphatic heterocycles. The van der Waals surface area contributed by atoms with Crippen molar-refractivity contribution in [3.05, 3.63) is 23.9 Å². The number of nitrogens with one attached hydrogen (secondary N) is 1. The molecule has 0 aliphatic rings. The molecule has 0 radical (unpaired) electrons. The smallest absolute Gasteiger partial charge is 0.132 e. The summed E-state index contributed by atoms with van der Waals surface area (Å²) in [7, 11) is 2.13. The van der Waals surface area contributed by atoms with E-state index in [-0.39, 0.29) is 5.54 Å². The molecular formula is C16H29N3. The Hall–Kier alpha value is -1.09. The highest BCUT2D eigenvalue weighted by molar-refractivity contribution is 5.46. The van der Waals surface area contributed by atoms with E-state index in [1.807, 2.05) is 12.3 Å². The molecule has 1 atom stereocenters. The van der Waals surface area contributed by atoms with Gasteiger partial charge in [-0.15, -0.1) is 0 Å². The van der Waals surface area contributed by atoms with E-state index in [4.69, 9.17) is 0 Å². The van der Waals surface area contributed by atoms with Gasteiger partial charge in [0, 0.05) is 36.9 Å². The van der Waals surface area contributed by atoms with Crippen molar-refractivity contribution in [3.63, 3.8) is 0 Å². The Morgan fingerprint density at radius 1 is 1.26 bits per heavy atom. The van der Waals surface area contributed by atoms with Crippen molar-refractivity contribution in [2.45, 2.75) is 59.7 Å². The molecule has 1 heterocycles. The third-order valence-corrected chi connectivity index (χ3v) is 3.59. The van der Waals surface area contributed by atoms with Crippen LogP contribution in [0.4, 0.5) is 5.82 Å². The molecule has 1 unspecified atom stereocenters. The molecular weight excluding hydrogens is 234 g/mol. The first-order chi connectivity index (χ1) is 8.72. The second kappa shape index (κ2) is 6.38. The number of hydrogen-bond acceptors (Lipinski definition) is 3. The lowest BCUT2D eigenvalue weighted by atomic mass is 10.0. The maximum absolute atomic E-state index is 4.57. The predicted molar refractivity (Wildman–Crippen MR) is 83.5 cm³/mol. The van der Waals surface area contributed by atoms with Crippen molar-refractivity contribution in [3.8, 4) is 0 Å². The van der Waals surface area contributed by atoms with Crippen LogP contribution in [0, 0.1) is 5.92 Å². The van der Waals surface area contributed by atoms with E-state index in [0.717, 1.165) is 12.4 Å². The number of nitrogens with zero attached hydrogens (tertiary/aromatic N) is 2. The zero-order valence-corrected chi connectivity index (χ0v) is 13.5. The van der Waals surface area contributed by atoms with E-state index in [9.17, 15) is 0 Å². The minimum atomic E-state index is 0.120. The second-order valence-corrected chi connectivity index (χ2v) is 6.69. The monoisotopic (exact) mass is 263 g/mol. The number of pyridine rings is 1. The maximum Gasteiger partial charge on any atom is 0.132 e. The molecule has 0 aromatic carbocycles. The van der Waals surface area contributed by atoms with Crippen LogP contribution in [0.1, 0.15) is 47.1 Å². The Morgan fingerprint density at radius 2 is 1.89 bits per heavy atom. The molecule has 3 heteroatoms. The van der Waals surface area contributed by atoms with Gasteiger partial charge in [-0.1, -0.05) is 19.9 Å². The van der Waals surface area contributed by atoms with Gasteiger partial charge in [0.1, 0.15) is 5.82 Å². The van der Waals surface area contributed by atoms with Gasteiger partial charge in [0.25, 0.3) is 0 Å². The lowest BCUT2D eigenvalue weighted by Gasteiger charge is -2.31. The first kappa shape index (κ1) is 16.0. The first-order valence-electron chi connectivity index (χ1n) is 7.14. The van der Waals surface area contributed by atoms with E-state index in [2.05, 4.69) is 69.9 Å². The lowest BCUT2D eigenvalue weighted by molar-refractivity contribution is 0.423. The molecule has 0 amide bonds. The zero-order chi connectivity index (χ0) is 14.6. The van der Waals surface area contributed by atoms with Crippen molar-refractivity contribution >= 4 is 5.82 Å². The van der Waals surface area contributed by atoms with Gasteiger partial charge in [-0.3, -0.25) is 0 Å². The summed E-state index contributed by atoms with van der Waals surface area (Å²) in [6.45, 7) is 14.1. The zero-order valence-electron chi connectivity index (χ0n) is 13.5. The molecule has 1 aromatic rings. The quantitative estimate of drug-likeness (QED) is 0.882. The van der Waals surface area contributed by atoms with Crippen LogP contribution in [0.15, 0.2) is 18.3 Å². The van der Waals surface area contributed by atoms with E-state index < -0.39 is 0 Å². The summed E-state index contributed by atoms with van der Waals surface area (Å²) in [5, 5.41) is 3.53. The molecule has 0 spiro atoms. The predicted octanol–water partition coefficient (Wildman–Crippen LogP) is 3.45. The Balaban J connectivity index is 2.89. The fourth-order valence-electron chi connectivity index (χ4n) is 1.89. The van der Waals surface area contributed by atoms with Gasteiger partial charge < -0.3 is 10.2 Å². The largest absolute Gasteiger partial charge is 0.356 e. The van der Waals surface area contributed by atoms with Crippen molar-refractivity contribution in [2.75, 3.05) is 11.9 Å². The molecule has 3 nitrogen and oxygen atoms in total. The first-order valence-corrected chi connectivity index (χ1v) is 7.14. The third-order valence-electron chi connectivity index (χ3n) is 3.59. The number of aromatic nitrogens is 1. The Morgan fingerprint density at radius 3 is 2.42 bits per heavy atom. The Bertz CT molecular complexity index is 393. The molecule has 1 N–H and O–H groups in total.